The van der Waals surface area contributed by atoms with Crippen molar-refractivity contribution in [3.8, 4) is 0 Å². The number of oxime groups is 1. The molecule has 7 nitrogen and oxygen atoms in total. The van der Waals surface area contributed by atoms with Gasteiger partial charge >= 0.3 is 6.09 Å². The normalized spacial score (nSPS) is 17.2. The maximum atomic E-state index is 11.2. The molecule has 1 heterocycles. The molecule has 100 valence electrons. The standard InChI is InChI=1S/C10H15N3O4S/c1-2-3-7(14)6-12-10(16)17-13-9-8(15)11-4-5-18-9/h2-6H2,1H3,(H,11,15)(H,12,16). The predicted octanol–water partition coefficient (Wildman–Crippen LogP) is 0.258. The van der Waals surface area contributed by atoms with Crippen molar-refractivity contribution in [1.29, 1.82) is 0 Å². The number of hydrogen-bond acceptors (Lipinski definition) is 6. The van der Waals surface area contributed by atoms with Crippen LogP contribution in [-0.4, -0.2) is 41.7 Å². The number of carbonyl (C=O) groups excluding carboxylic acids is 3. The van der Waals surface area contributed by atoms with E-state index in [-0.39, 0.29) is 23.3 Å². The Kier molecular flexibility index (Phi) is 6.20. The molecule has 0 unspecified atom stereocenters. The summed E-state index contributed by atoms with van der Waals surface area (Å²) in [6.45, 7) is 2.36. The molecule has 0 spiro atoms. The fraction of sp³-hybridized carbons (Fsp3) is 0.600. The van der Waals surface area contributed by atoms with Crippen LogP contribution in [-0.2, 0) is 14.4 Å². The van der Waals surface area contributed by atoms with Gasteiger partial charge in [-0.05, 0) is 6.42 Å². The Hall–Kier alpha value is -1.57. The lowest BCUT2D eigenvalue weighted by atomic mass is 10.2. The first-order chi connectivity index (χ1) is 8.63. The summed E-state index contributed by atoms with van der Waals surface area (Å²) < 4.78 is 0. The maximum absolute atomic E-state index is 11.2. The average Bonchev–Trinajstić information content (AvgIpc) is 2.36. The molecule has 1 rings (SSSR count). The highest BCUT2D eigenvalue weighted by Crippen LogP contribution is 2.08. The molecule has 1 saturated heterocycles. The molecular weight excluding hydrogens is 258 g/mol. The first kappa shape index (κ1) is 14.5. The van der Waals surface area contributed by atoms with Gasteiger partial charge in [0.1, 0.15) is 0 Å². The summed E-state index contributed by atoms with van der Waals surface area (Å²) >= 11 is 1.21. The second-order valence-electron chi connectivity index (χ2n) is 3.52. The Labute approximate surface area is 109 Å². The van der Waals surface area contributed by atoms with E-state index in [2.05, 4.69) is 20.6 Å². The Morgan fingerprint density at radius 1 is 1.56 bits per heavy atom. The van der Waals surface area contributed by atoms with Gasteiger partial charge in [0.2, 0.25) is 5.04 Å². The molecule has 0 aliphatic carbocycles. The minimum Gasteiger partial charge on any atom is -0.349 e. The van der Waals surface area contributed by atoms with Gasteiger partial charge < -0.3 is 10.6 Å². The number of hydrogen-bond donors (Lipinski definition) is 2. The third-order valence-corrected chi connectivity index (χ3v) is 2.93. The van der Waals surface area contributed by atoms with Crippen molar-refractivity contribution in [3.63, 3.8) is 0 Å². The molecule has 0 atom stereocenters. The Morgan fingerprint density at radius 3 is 3.00 bits per heavy atom. The number of nitrogens with zero attached hydrogens (tertiary/aromatic N) is 1. The largest absolute Gasteiger partial charge is 0.433 e. The fourth-order valence-corrected chi connectivity index (χ4v) is 1.87. The van der Waals surface area contributed by atoms with E-state index in [0.29, 0.717) is 18.7 Å². The third-order valence-electron chi connectivity index (χ3n) is 1.99. The molecule has 1 aliphatic heterocycles. The molecule has 0 radical (unpaired) electrons. The van der Waals surface area contributed by atoms with Crippen LogP contribution in [0.2, 0.25) is 0 Å². The van der Waals surface area contributed by atoms with E-state index in [0.717, 1.165) is 6.42 Å². The van der Waals surface area contributed by atoms with Crippen LogP contribution >= 0.6 is 11.8 Å². The number of rotatable bonds is 5. The summed E-state index contributed by atoms with van der Waals surface area (Å²) in [5, 5.41) is 8.37. The number of amides is 2. The lowest BCUT2D eigenvalue weighted by Gasteiger charge is -2.11. The molecule has 18 heavy (non-hydrogen) atoms. The van der Waals surface area contributed by atoms with Crippen molar-refractivity contribution in [2.75, 3.05) is 18.8 Å². The molecule has 0 aromatic carbocycles. The summed E-state index contributed by atoms with van der Waals surface area (Å²) in [5.74, 6) is 0.248. The summed E-state index contributed by atoms with van der Waals surface area (Å²) in [5.41, 5.74) is 0. The van der Waals surface area contributed by atoms with Crippen LogP contribution < -0.4 is 10.6 Å². The molecule has 2 amide bonds. The van der Waals surface area contributed by atoms with E-state index in [1.807, 2.05) is 6.92 Å². The first-order valence-electron chi connectivity index (χ1n) is 5.59. The van der Waals surface area contributed by atoms with Gasteiger partial charge in [-0.3, -0.25) is 14.4 Å². The Morgan fingerprint density at radius 2 is 2.33 bits per heavy atom. The van der Waals surface area contributed by atoms with E-state index >= 15 is 0 Å². The van der Waals surface area contributed by atoms with E-state index in [4.69, 9.17) is 0 Å². The van der Waals surface area contributed by atoms with Crippen LogP contribution in [0.1, 0.15) is 19.8 Å². The zero-order valence-electron chi connectivity index (χ0n) is 10.0. The molecule has 0 saturated carbocycles. The van der Waals surface area contributed by atoms with Gasteiger partial charge in [0, 0.05) is 18.7 Å². The topological polar surface area (TPSA) is 96.9 Å². The van der Waals surface area contributed by atoms with E-state index in [9.17, 15) is 14.4 Å². The zero-order chi connectivity index (χ0) is 13.4. The molecule has 2 N–H and O–H groups in total. The van der Waals surface area contributed by atoms with Gasteiger partial charge in [-0.1, -0.05) is 23.8 Å². The number of ketones is 1. The summed E-state index contributed by atoms with van der Waals surface area (Å²) in [6, 6.07) is 0. The highest BCUT2D eigenvalue weighted by Gasteiger charge is 2.18. The third kappa shape index (κ3) is 5.17. The van der Waals surface area contributed by atoms with Gasteiger partial charge in [0.15, 0.2) is 5.78 Å². The van der Waals surface area contributed by atoms with E-state index in [1.165, 1.54) is 11.8 Å². The second kappa shape index (κ2) is 7.70. The Bertz CT molecular complexity index is 370. The van der Waals surface area contributed by atoms with Gasteiger partial charge in [0.05, 0.1) is 6.54 Å². The van der Waals surface area contributed by atoms with E-state index < -0.39 is 6.09 Å². The van der Waals surface area contributed by atoms with Gasteiger partial charge in [-0.2, -0.15) is 0 Å². The molecule has 8 heteroatoms. The van der Waals surface area contributed by atoms with Crippen molar-refractivity contribution >= 4 is 34.6 Å². The van der Waals surface area contributed by atoms with Gasteiger partial charge in [-0.25, -0.2) is 4.79 Å². The van der Waals surface area contributed by atoms with Gasteiger partial charge in [0.25, 0.3) is 5.91 Å². The highest BCUT2D eigenvalue weighted by atomic mass is 32.2. The molecular formula is C10H15N3O4S. The predicted molar refractivity (Wildman–Crippen MR) is 67.3 cm³/mol. The monoisotopic (exact) mass is 273 g/mol. The van der Waals surface area contributed by atoms with Crippen molar-refractivity contribution < 1.29 is 19.2 Å². The quantitative estimate of drug-likeness (QED) is 0.553. The number of Topliss-reactive ketones (excluding diaryl/α,β-unsaturated/α-hetero) is 1. The molecule has 1 aliphatic rings. The summed E-state index contributed by atoms with van der Waals surface area (Å²) in [6.07, 6.45) is 0.299. The van der Waals surface area contributed by atoms with Crippen molar-refractivity contribution in [2.24, 2.45) is 5.16 Å². The molecule has 1 fully saturated rings. The lowest BCUT2D eigenvalue weighted by Crippen LogP contribution is -2.37. The minimum atomic E-state index is -0.842. The van der Waals surface area contributed by atoms with Crippen molar-refractivity contribution in [2.45, 2.75) is 19.8 Å². The number of carbonyl (C=O) groups is 3. The minimum absolute atomic E-state index is 0.0770. The van der Waals surface area contributed by atoms with Crippen molar-refractivity contribution in [1.82, 2.24) is 10.6 Å². The molecule has 0 aromatic heterocycles. The van der Waals surface area contributed by atoms with Crippen LogP contribution in [0.15, 0.2) is 5.16 Å². The lowest BCUT2D eigenvalue weighted by molar-refractivity contribution is -0.118. The SMILES string of the molecule is CCCC(=O)CNC(=O)ON=C1SCCNC1=O. The van der Waals surface area contributed by atoms with Crippen LogP contribution in [0.5, 0.6) is 0 Å². The number of thioether (sulfide) groups is 1. The summed E-state index contributed by atoms with van der Waals surface area (Å²) in [4.78, 5) is 38.0. The van der Waals surface area contributed by atoms with Gasteiger partial charge in [-0.15, -0.1) is 0 Å². The Balaban J connectivity index is 2.29. The number of nitrogens with one attached hydrogen (secondary N) is 2. The van der Waals surface area contributed by atoms with E-state index in [1.54, 1.807) is 0 Å². The second-order valence-corrected chi connectivity index (χ2v) is 4.61. The smallest absolute Gasteiger partial charge is 0.349 e. The fourth-order valence-electron chi connectivity index (χ4n) is 1.17. The van der Waals surface area contributed by atoms with Crippen LogP contribution in [0, 0.1) is 0 Å². The summed E-state index contributed by atoms with van der Waals surface area (Å²) in [7, 11) is 0. The zero-order valence-corrected chi connectivity index (χ0v) is 10.8. The van der Waals surface area contributed by atoms with Crippen molar-refractivity contribution in [3.05, 3.63) is 0 Å². The average molecular weight is 273 g/mol. The first-order valence-corrected chi connectivity index (χ1v) is 6.57. The molecule has 0 bridgehead atoms. The van der Waals surface area contributed by atoms with Crippen LogP contribution in [0.3, 0.4) is 0 Å². The van der Waals surface area contributed by atoms with Crippen LogP contribution in [0.25, 0.3) is 0 Å². The molecule has 0 aromatic rings. The maximum Gasteiger partial charge on any atom is 0.433 e. The van der Waals surface area contributed by atoms with Crippen LogP contribution in [0.4, 0.5) is 4.79 Å². The highest BCUT2D eigenvalue weighted by molar-refractivity contribution is 8.15.